The van der Waals surface area contributed by atoms with Gasteiger partial charge in [-0.25, -0.2) is 0 Å². The topological polar surface area (TPSA) is 49.4 Å². The van der Waals surface area contributed by atoms with E-state index < -0.39 is 6.04 Å². The van der Waals surface area contributed by atoms with Crippen LogP contribution < -0.4 is 5.32 Å². The van der Waals surface area contributed by atoms with Crippen molar-refractivity contribution in [2.45, 2.75) is 58.5 Å². The van der Waals surface area contributed by atoms with Crippen LogP contribution in [0, 0.1) is 5.92 Å². The number of carbonyl (C=O) groups is 2. The molecule has 1 aliphatic heterocycles. The van der Waals surface area contributed by atoms with Crippen LogP contribution in [0.4, 0.5) is 0 Å². The highest BCUT2D eigenvalue weighted by molar-refractivity contribution is 5.88. The Labute approximate surface area is 174 Å². The fourth-order valence-corrected chi connectivity index (χ4v) is 3.90. The average molecular weight is 393 g/mol. The van der Waals surface area contributed by atoms with Gasteiger partial charge in [0.25, 0.3) is 0 Å². The molecule has 1 heterocycles. The Morgan fingerprint density at radius 3 is 2.31 bits per heavy atom. The van der Waals surface area contributed by atoms with Crippen molar-refractivity contribution < 1.29 is 9.59 Å². The van der Waals surface area contributed by atoms with Gasteiger partial charge in [0.05, 0.1) is 0 Å². The number of hydrogen-bond donors (Lipinski definition) is 1. The van der Waals surface area contributed by atoms with E-state index in [4.69, 9.17) is 0 Å². The molecule has 0 bridgehead atoms. The van der Waals surface area contributed by atoms with Crippen LogP contribution in [0.3, 0.4) is 0 Å². The van der Waals surface area contributed by atoms with Gasteiger partial charge in [0, 0.05) is 31.3 Å². The number of nitrogens with one attached hydrogen (secondary N) is 1. The van der Waals surface area contributed by atoms with Crippen molar-refractivity contribution in [2.75, 3.05) is 6.54 Å². The van der Waals surface area contributed by atoms with Crippen molar-refractivity contribution >= 4 is 11.8 Å². The Morgan fingerprint density at radius 1 is 1.03 bits per heavy atom. The van der Waals surface area contributed by atoms with E-state index in [0.717, 1.165) is 11.1 Å². The van der Waals surface area contributed by atoms with Crippen molar-refractivity contribution in [1.29, 1.82) is 0 Å². The lowest BCUT2D eigenvalue weighted by Gasteiger charge is -2.37. The SMILES string of the molecule is CC(C)CC(=O)N1Cc2ccccc2CC1C(=O)NCC(C)(C)c1ccccc1. The number of amides is 2. The second-order valence-corrected chi connectivity index (χ2v) is 9.08. The van der Waals surface area contributed by atoms with Crippen LogP contribution >= 0.6 is 0 Å². The van der Waals surface area contributed by atoms with Gasteiger partial charge in [-0.1, -0.05) is 82.3 Å². The monoisotopic (exact) mass is 392 g/mol. The third-order valence-electron chi connectivity index (χ3n) is 5.71. The second-order valence-electron chi connectivity index (χ2n) is 9.08. The Balaban J connectivity index is 1.76. The molecule has 1 atom stereocenters. The predicted molar refractivity (Wildman–Crippen MR) is 116 cm³/mol. The normalized spacial score (nSPS) is 16.4. The van der Waals surface area contributed by atoms with Gasteiger partial charge in [0.1, 0.15) is 6.04 Å². The number of carbonyl (C=O) groups excluding carboxylic acids is 2. The van der Waals surface area contributed by atoms with Crippen LogP contribution in [-0.2, 0) is 28.0 Å². The minimum Gasteiger partial charge on any atom is -0.353 e. The zero-order valence-electron chi connectivity index (χ0n) is 17.9. The first-order valence-corrected chi connectivity index (χ1v) is 10.5. The maximum atomic E-state index is 13.2. The molecule has 0 saturated carbocycles. The number of fused-ring (bicyclic) bond motifs is 1. The first kappa shape index (κ1) is 21.1. The molecule has 2 amide bonds. The van der Waals surface area contributed by atoms with E-state index in [9.17, 15) is 9.59 Å². The summed E-state index contributed by atoms with van der Waals surface area (Å²) >= 11 is 0. The fraction of sp³-hybridized carbons (Fsp3) is 0.440. The number of nitrogens with zero attached hydrogens (tertiary/aromatic N) is 1. The standard InChI is InChI=1S/C25H32N2O2/c1-18(2)14-23(28)27-16-20-11-9-8-10-19(20)15-22(27)24(29)26-17-25(3,4)21-12-6-5-7-13-21/h5-13,18,22H,14-17H2,1-4H3,(H,26,29). The minimum atomic E-state index is -0.456. The lowest BCUT2D eigenvalue weighted by Crippen LogP contribution is -2.54. The fourth-order valence-electron chi connectivity index (χ4n) is 3.90. The molecule has 0 saturated heterocycles. The van der Waals surface area contributed by atoms with E-state index in [1.807, 2.05) is 44.2 Å². The quantitative estimate of drug-likeness (QED) is 0.805. The average Bonchev–Trinajstić information content (AvgIpc) is 2.71. The maximum absolute atomic E-state index is 13.2. The minimum absolute atomic E-state index is 0.0528. The molecule has 0 aromatic heterocycles. The van der Waals surface area contributed by atoms with Crippen molar-refractivity contribution in [3.05, 3.63) is 71.3 Å². The summed E-state index contributed by atoms with van der Waals surface area (Å²) in [6, 6.07) is 17.9. The molecule has 0 fully saturated rings. The summed E-state index contributed by atoms with van der Waals surface area (Å²) in [5.74, 6) is 0.248. The van der Waals surface area contributed by atoms with Gasteiger partial charge in [-0.2, -0.15) is 0 Å². The largest absolute Gasteiger partial charge is 0.353 e. The molecule has 1 aliphatic rings. The van der Waals surface area contributed by atoms with E-state index in [1.165, 1.54) is 5.56 Å². The number of rotatable bonds is 6. The highest BCUT2D eigenvalue weighted by atomic mass is 16.2. The van der Waals surface area contributed by atoms with Gasteiger partial charge in [-0.15, -0.1) is 0 Å². The molecule has 1 N–H and O–H groups in total. The zero-order chi connectivity index (χ0) is 21.0. The molecule has 0 radical (unpaired) electrons. The predicted octanol–water partition coefficient (Wildman–Crippen LogP) is 4.08. The van der Waals surface area contributed by atoms with Crippen LogP contribution in [0.15, 0.2) is 54.6 Å². The lowest BCUT2D eigenvalue weighted by molar-refractivity contribution is -0.142. The molecular weight excluding hydrogens is 360 g/mol. The Kier molecular flexibility index (Phi) is 6.41. The molecule has 4 nitrogen and oxygen atoms in total. The van der Waals surface area contributed by atoms with Crippen molar-refractivity contribution in [3.8, 4) is 0 Å². The molecule has 2 aromatic rings. The van der Waals surface area contributed by atoms with E-state index in [2.05, 4.69) is 43.4 Å². The summed E-state index contributed by atoms with van der Waals surface area (Å²) in [5, 5.41) is 3.13. The first-order valence-electron chi connectivity index (χ1n) is 10.5. The van der Waals surface area contributed by atoms with Crippen LogP contribution in [-0.4, -0.2) is 29.3 Å². The van der Waals surface area contributed by atoms with Crippen LogP contribution in [0.1, 0.15) is 50.8 Å². The smallest absolute Gasteiger partial charge is 0.243 e. The Bertz CT molecular complexity index is 858. The van der Waals surface area contributed by atoms with Gasteiger partial charge in [0.2, 0.25) is 11.8 Å². The van der Waals surface area contributed by atoms with E-state index in [-0.39, 0.29) is 23.1 Å². The highest BCUT2D eigenvalue weighted by Crippen LogP contribution is 2.26. The van der Waals surface area contributed by atoms with Gasteiger partial charge in [-0.05, 0) is 22.6 Å². The van der Waals surface area contributed by atoms with E-state index >= 15 is 0 Å². The molecule has 1 unspecified atom stereocenters. The van der Waals surface area contributed by atoms with Crippen molar-refractivity contribution in [1.82, 2.24) is 10.2 Å². The molecule has 2 aromatic carbocycles. The summed E-state index contributed by atoms with van der Waals surface area (Å²) in [4.78, 5) is 27.9. The molecule has 29 heavy (non-hydrogen) atoms. The second kappa shape index (κ2) is 8.81. The van der Waals surface area contributed by atoms with Crippen molar-refractivity contribution in [3.63, 3.8) is 0 Å². The summed E-state index contributed by atoms with van der Waals surface area (Å²) < 4.78 is 0. The van der Waals surface area contributed by atoms with Gasteiger partial charge in [0.15, 0.2) is 0 Å². The summed E-state index contributed by atoms with van der Waals surface area (Å²) in [7, 11) is 0. The molecule has 154 valence electrons. The summed E-state index contributed by atoms with van der Waals surface area (Å²) in [5.41, 5.74) is 3.29. The molecule has 0 spiro atoms. The molecule has 4 heteroatoms. The third-order valence-corrected chi connectivity index (χ3v) is 5.71. The number of hydrogen-bond acceptors (Lipinski definition) is 2. The van der Waals surface area contributed by atoms with Crippen LogP contribution in [0.25, 0.3) is 0 Å². The Morgan fingerprint density at radius 2 is 1.66 bits per heavy atom. The van der Waals surface area contributed by atoms with Crippen molar-refractivity contribution in [2.24, 2.45) is 5.92 Å². The molecule has 3 rings (SSSR count). The van der Waals surface area contributed by atoms with Gasteiger partial charge < -0.3 is 10.2 Å². The van der Waals surface area contributed by atoms with E-state index in [0.29, 0.717) is 25.9 Å². The zero-order valence-corrected chi connectivity index (χ0v) is 17.9. The molecule has 0 aliphatic carbocycles. The highest BCUT2D eigenvalue weighted by Gasteiger charge is 2.35. The first-order chi connectivity index (χ1) is 13.8. The van der Waals surface area contributed by atoms with Crippen LogP contribution in [0.2, 0.25) is 0 Å². The number of benzene rings is 2. The molecular formula is C25H32N2O2. The Hall–Kier alpha value is -2.62. The van der Waals surface area contributed by atoms with Gasteiger partial charge >= 0.3 is 0 Å². The van der Waals surface area contributed by atoms with Crippen LogP contribution in [0.5, 0.6) is 0 Å². The maximum Gasteiger partial charge on any atom is 0.243 e. The summed E-state index contributed by atoms with van der Waals surface area (Å²) in [6.45, 7) is 9.35. The third kappa shape index (κ3) is 5.06. The summed E-state index contributed by atoms with van der Waals surface area (Å²) in [6.07, 6.45) is 1.03. The van der Waals surface area contributed by atoms with E-state index in [1.54, 1.807) is 4.90 Å². The van der Waals surface area contributed by atoms with Gasteiger partial charge in [-0.3, -0.25) is 9.59 Å². The lowest BCUT2D eigenvalue weighted by atomic mass is 9.84.